The van der Waals surface area contributed by atoms with Crippen LogP contribution in [-0.2, 0) is 11.3 Å². The fourth-order valence-electron chi connectivity index (χ4n) is 1.83. The Morgan fingerprint density at radius 3 is 2.88 bits per heavy atom. The summed E-state index contributed by atoms with van der Waals surface area (Å²) in [5.41, 5.74) is 2.42. The van der Waals surface area contributed by atoms with Crippen molar-refractivity contribution < 1.29 is 4.79 Å². The Hall–Kier alpha value is -1.35. The number of hydrogen-bond donors (Lipinski definition) is 1. The molecule has 1 aromatic rings. The molecule has 1 aromatic carbocycles. The highest BCUT2D eigenvalue weighted by Gasteiger charge is 2.21. The zero-order valence-corrected chi connectivity index (χ0v) is 10.6. The lowest BCUT2D eigenvalue weighted by Gasteiger charge is -2.17. The quantitative estimate of drug-likeness (QED) is 0.838. The van der Waals surface area contributed by atoms with Gasteiger partial charge in [0.2, 0.25) is 5.91 Å². The number of amides is 1. The summed E-state index contributed by atoms with van der Waals surface area (Å²) >= 11 is 0. The lowest BCUT2D eigenvalue weighted by atomic mass is 10.1. The molecule has 2 rings (SSSR count). The topological polar surface area (TPSA) is 32.3 Å². The smallest absolute Gasteiger partial charge is 0.236 e. The Morgan fingerprint density at radius 1 is 1.47 bits per heavy atom. The maximum absolute atomic E-state index is 11.8. The first-order chi connectivity index (χ1) is 8.15. The Kier molecular flexibility index (Phi) is 3.79. The normalized spacial score (nSPS) is 14.7. The van der Waals surface area contributed by atoms with Crippen LogP contribution in [0.15, 0.2) is 24.3 Å². The minimum absolute atomic E-state index is 0.165. The second-order valence-corrected chi connectivity index (χ2v) is 4.89. The van der Waals surface area contributed by atoms with E-state index in [-0.39, 0.29) is 5.91 Å². The minimum atomic E-state index is 0.165. The van der Waals surface area contributed by atoms with Crippen molar-refractivity contribution in [3.63, 3.8) is 0 Å². The number of hydrogen-bond acceptors (Lipinski definition) is 2. The fraction of sp³-hybridized carbons (Fsp3) is 0.500. The molecule has 0 heterocycles. The zero-order valence-electron chi connectivity index (χ0n) is 10.6. The Bertz CT molecular complexity index is 399. The Balaban J connectivity index is 1.82. The van der Waals surface area contributed by atoms with Crippen molar-refractivity contribution in [3.05, 3.63) is 35.4 Å². The third kappa shape index (κ3) is 3.86. The van der Waals surface area contributed by atoms with Crippen LogP contribution in [0.4, 0.5) is 0 Å². The van der Waals surface area contributed by atoms with Crippen LogP contribution < -0.4 is 5.32 Å². The minimum Gasteiger partial charge on any atom is -0.340 e. The molecule has 0 aliphatic heterocycles. The molecule has 1 aliphatic carbocycles. The van der Waals surface area contributed by atoms with Gasteiger partial charge in [0.05, 0.1) is 6.54 Å². The third-order valence-electron chi connectivity index (χ3n) is 3.05. The van der Waals surface area contributed by atoms with E-state index in [1.54, 1.807) is 4.90 Å². The van der Waals surface area contributed by atoms with Crippen molar-refractivity contribution in [3.8, 4) is 0 Å². The van der Waals surface area contributed by atoms with Crippen LogP contribution in [0, 0.1) is 6.92 Å². The number of carbonyl (C=O) groups excluding carboxylic acids is 1. The van der Waals surface area contributed by atoms with Gasteiger partial charge in [0, 0.05) is 19.6 Å². The molecular weight excluding hydrogens is 212 g/mol. The van der Waals surface area contributed by atoms with Gasteiger partial charge < -0.3 is 10.2 Å². The van der Waals surface area contributed by atoms with Crippen LogP contribution in [-0.4, -0.2) is 30.4 Å². The van der Waals surface area contributed by atoms with Gasteiger partial charge in [0.1, 0.15) is 0 Å². The first-order valence-corrected chi connectivity index (χ1v) is 6.18. The van der Waals surface area contributed by atoms with Gasteiger partial charge in [-0.05, 0) is 25.3 Å². The highest BCUT2D eigenvalue weighted by Crippen LogP contribution is 2.18. The number of nitrogens with zero attached hydrogens (tertiary/aromatic N) is 1. The van der Waals surface area contributed by atoms with Gasteiger partial charge in [-0.2, -0.15) is 0 Å². The summed E-state index contributed by atoms with van der Waals surface area (Å²) in [7, 11) is 1.86. The standard InChI is InChI=1S/C14H20N2O/c1-11-4-3-5-12(8-11)10-16(2)14(17)9-15-13-6-7-13/h3-5,8,13,15H,6-7,9-10H2,1-2H3. The van der Waals surface area contributed by atoms with E-state index in [0.717, 1.165) is 0 Å². The van der Waals surface area contributed by atoms with Gasteiger partial charge in [0.25, 0.3) is 0 Å². The highest BCUT2D eigenvalue weighted by molar-refractivity contribution is 5.78. The van der Waals surface area contributed by atoms with Crippen LogP contribution in [0.1, 0.15) is 24.0 Å². The van der Waals surface area contributed by atoms with Crippen LogP contribution in [0.3, 0.4) is 0 Å². The summed E-state index contributed by atoms with van der Waals surface area (Å²) in [5, 5.41) is 3.24. The zero-order chi connectivity index (χ0) is 12.3. The lowest BCUT2D eigenvalue weighted by molar-refractivity contribution is -0.129. The first kappa shape index (κ1) is 12.1. The van der Waals surface area contributed by atoms with Crippen LogP contribution >= 0.6 is 0 Å². The summed E-state index contributed by atoms with van der Waals surface area (Å²) in [6.45, 7) is 3.22. The molecule has 1 fully saturated rings. The molecule has 3 heteroatoms. The summed E-state index contributed by atoms with van der Waals surface area (Å²) < 4.78 is 0. The van der Waals surface area contributed by atoms with Crippen molar-refractivity contribution in [2.45, 2.75) is 32.4 Å². The Labute approximate surface area is 103 Å². The number of likely N-dealkylation sites (N-methyl/N-ethyl adjacent to an activating group) is 1. The second kappa shape index (κ2) is 5.32. The third-order valence-corrected chi connectivity index (χ3v) is 3.05. The molecule has 0 atom stereocenters. The Morgan fingerprint density at radius 2 is 2.24 bits per heavy atom. The van der Waals surface area contributed by atoms with Crippen molar-refractivity contribution in [2.75, 3.05) is 13.6 Å². The predicted molar refractivity (Wildman–Crippen MR) is 68.7 cm³/mol. The number of rotatable bonds is 5. The van der Waals surface area contributed by atoms with Crippen LogP contribution in [0.25, 0.3) is 0 Å². The molecule has 17 heavy (non-hydrogen) atoms. The molecule has 92 valence electrons. The van der Waals surface area contributed by atoms with Crippen LogP contribution in [0.2, 0.25) is 0 Å². The maximum Gasteiger partial charge on any atom is 0.236 e. The monoisotopic (exact) mass is 232 g/mol. The average molecular weight is 232 g/mol. The highest BCUT2D eigenvalue weighted by atomic mass is 16.2. The van der Waals surface area contributed by atoms with Gasteiger partial charge in [-0.25, -0.2) is 0 Å². The molecule has 1 N–H and O–H groups in total. The van der Waals surface area contributed by atoms with E-state index in [4.69, 9.17) is 0 Å². The molecule has 0 unspecified atom stereocenters. The van der Waals surface area contributed by atoms with Crippen molar-refractivity contribution in [1.29, 1.82) is 0 Å². The van der Waals surface area contributed by atoms with Gasteiger partial charge in [-0.15, -0.1) is 0 Å². The number of carbonyl (C=O) groups is 1. The van der Waals surface area contributed by atoms with Crippen molar-refractivity contribution >= 4 is 5.91 Å². The molecule has 0 saturated heterocycles. The number of nitrogens with one attached hydrogen (secondary N) is 1. The van der Waals surface area contributed by atoms with E-state index in [2.05, 4.69) is 30.4 Å². The molecule has 3 nitrogen and oxygen atoms in total. The van der Waals surface area contributed by atoms with Gasteiger partial charge >= 0.3 is 0 Å². The van der Waals surface area contributed by atoms with Crippen molar-refractivity contribution in [2.24, 2.45) is 0 Å². The molecule has 0 aromatic heterocycles. The summed E-state index contributed by atoms with van der Waals surface area (Å²) in [6.07, 6.45) is 2.43. The van der Waals surface area contributed by atoms with E-state index in [1.165, 1.54) is 24.0 Å². The first-order valence-electron chi connectivity index (χ1n) is 6.18. The molecule has 1 saturated carbocycles. The van der Waals surface area contributed by atoms with E-state index in [1.807, 2.05) is 13.1 Å². The summed E-state index contributed by atoms with van der Waals surface area (Å²) in [4.78, 5) is 13.6. The van der Waals surface area contributed by atoms with Crippen LogP contribution in [0.5, 0.6) is 0 Å². The predicted octanol–water partition coefficient (Wildman–Crippen LogP) is 1.71. The van der Waals surface area contributed by atoms with Crippen molar-refractivity contribution in [1.82, 2.24) is 10.2 Å². The van der Waals surface area contributed by atoms with Gasteiger partial charge in [-0.1, -0.05) is 29.8 Å². The molecular formula is C14H20N2O. The summed E-state index contributed by atoms with van der Waals surface area (Å²) in [5.74, 6) is 0.165. The van der Waals surface area contributed by atoms with E-state index < -0.39 is 0 Å². The van der Waals surface area contributed by atoms with E-state index in [0.29, 0.717) is 19.1 Å². The lowest BCUT2D eigenvalue weighted by Crippen LogP contribution is -2.35. The van der Waals surface area contributed by atoms with Gasteiger partial charge in [-0.3, -0.25) is 4.79 Å². The molecule has 0 spiro atoms. The maximum atomic E-state index is 11.8. The SMILES string of the molecule is Cc1cccc(CN(C)C(=O)CNC2CC2)c1. The second-order valence-electron chi connectivity index (χ2n) is 4.89. The fourth-order valence-corrected chi connectivity index (χ4v) is 1.83. The summed E-state index contributed by atoms with van der Waals surface area (Å²) in [6, 6.07) is 8.88. The van der Waals surface area contributed by atoms with E-state index in [9.17, 15) is 4.79 Å². The van der Waals surface area contributed by atoms with E-state index >= 15 is 0 Å². The molecule has 0 radical (unpaired) electrons. The molecule has 1 amide bonds. The molecule has 1 aliphatic rings. The number of benzene rings is 1. The van der Waals surface area contributed by atoms with Gasteiger partial charge in [0.15, 0.2) is 0 Å². The number of aryl methyl sites for hydroxylation is 1. The average Bonchev–Trinajstić information content (AvgIpc) is 3.09. The molecule has 0 bridgehead atoms. The largest absolute Gasteiger partial charge is 0.340 e.